The average molecular weight is 388 g/mol. The molecule has 0 saturated carbocycles. The summed E-state index contributed by atoms with van der Waals surface area (Å²) in [5.74, 6) is -4.73. The van der Waals surface area contributed by atoms with Gasteiger partial charge in [0.1, 0.15) is 12.1 Å². The van der Waals surface area contributed by atoms with E-state index in [1.165, 1.54) is 0 Å². The van der Waals surface area contributed by atoms with Crippen LogP contribution in [0.4, 0.5) is 0 Å². The fourth-order valence-corrected chi connectivity index (χ4v) is 2.08. The van der Waals surface area contributed by atoms with Crippen molar-refractivity contribution >= 4 is 29.7 Å². The topological polar surface area (TPSA) is 223 Å². The number of carbonyl (C=O) groups is 4. The third kappa shape index (κ3) is 9.99. The molecule has 2 amide bonds. The van der Waals surface area contributed by atoms with Gasteiger partial charge in [-0.1, -0.05) is 13.8 Å². The van der Waals surface area contributed by atoms with Gasteiger partial charge in [0, 0.05) is 6.54 Å². The molecular formula is C15H28N6O6. The maximum Gasteiger partial charge on any atom is 0.326 e. The molecule has 0 spiro atoms. The Kier molecular flexibility index (Phi) is 10.4. The van der Waals surface area contributed by atoms with Crippen molar-refractivity contribution in [2.45, 2.75) is 51.2 Å². The van der Waals surface area contributed by atoms with Crippen LogP contribution in [0.25, 0.3) is 0 Å². The molecule has 0 aromatic rings. The smallest absolute Gasteiger partial charge is 0.326 e. The van der Waals surface area contributed by atoms with E-state index < -0.39 is 48.3 Å². The Bertz CT molecular complexity index is 575. The number of carboxylic acid groups (broad SMARTS) is 2. The van der Waals surface area contributed by atoms with E-state index in [1.807, 2.05) is 0 Å². The largest absolute Gasteiger partial charge is 0.481 e. The normalized spacial score (nSPS) is 13.9. The minimum absolute atomic E-state index is 0.0705. The van der Waals surface area contributed by atoms with Crippen LogP contribution >= 0.6 is 0 Å². The third-order valence-electron chi connectivity index (χ3n) is 3.54. The molecule has 0 aliphatic carbocycles. The Morgan fingerprint density at radius 1 is 1.04 bits per heavy atom. The van der Waals surface area contributed by atoms with Gasteiger partial charge < -0.3 is 38.0 Å². The first-order valence-corrected chi connectivity index (χ1v) is 8.32. The van der Waals surface area contributed by atoms with E-state index in [4.69, 9.17) is 27.4 Å². The van der Waals surface area contributed by atoms with Crippen LogP contribution in [0.3, 0.4) is 0 Å². The number of nitrogens with two attached hydrogens (primary N) is 3. The molecule has 0 aliphatic heterocycles. The summed E-state index contributed by atoms with van der Waals surface area (Å²) in [7, 11) is 0. The number of rotatable bonds is 12. The van der Waals surface area contributed by atoms with Crippen LogP contribution in [0, 0.1) is 5.92 Å². The lowest BCUT2D eigenvalue weighted by atomic mass is 10.0. The van der Waals surface area contributed by atoms with Crippen LogP contribution in [0.15, 0.2) is 4.99 Å². The van der Waals surface area contributed by atoms with Crippen molar-refractivity contribution in [2.24, 2.45) is 28.1 Å². The van der Waals surface area contributed by atoms with Crippen LogP contribution in [0.1, 0.15) is 33.1 Å². The number of carboxylic acids is 2. The van der Waals surface area contributed by atoms with E-state index in [-0.39, 0.29) is 18.3 Å². The van der Waals surface area contributed by atoms with E-state index in [2.05, 4.69) is 15.6 Å². The van der Waals surface area contributed by atoms with E-state index in [9.17, 15) is 19.2 Å². The highest BCUT2D eigenvalue weighted by molar-refractivity contribution is 5.92. The first-order valence-electron chi connectivity index (χ1n) is 8.32. The molecular weight excluding hydrogens is 360 g/mol. The SMILES string of the molecule is CC(C)[C@H](NC(=O)[C@@H](N)CCCN=C(N)N)C(=O)N[C@@H](CC(=O)O)C(=O)O. The molecule has 27 heavy (non-hydrogen) atoms. The minimum Gasteiger partial charge on any atom is -0.481 e. The molecule has 0 saturated heterocycles. The Balaban J connectivity index is 4.83. The predicted octanol–water partition coefficient (Wildman–Crippen LogP) is -2.45. The number of hydrogen-bond donors (Lipinski definition) is 7. The lowest BCUT2D eigenvalue weighted by Crippen LogP contribution is -2.56. The maximum atomic E-state index is 12.3. The molecule has 0 unspecified atom stereocenters. The second kappa shape index (κ2) is 11.7. The zero-order valence-corrected chi connectivity index (χ0v) is 15.3. The van der Waals surface area contributed by atoms with E-state index in [0.29, 0.717) is 13.0 Å². The van der Waals surface area contributed by atoms with Crippen molar-refractivity contribution < 1.29 is 29.4 Å². The van der Waals surface area contributed by atoms with E-state index in [0.717, 1.165) is 0 Å². The molecule has 12 nitrogen and oxygen atoms in total. The summed E-state index contributed by atoms with van der Waals surface area (Å²) in [4.78, 5) is 50.0. The van der Waals surface area contributed by atoms with Crippen LogP contribution in [0.2, 0.25) is 0 Å². The van der Waals surface area contributed by atoms with Gasteiger partial charge in [-0.25, -0.2) is 4.79 Å². The zero-order chi connectivity index (χ0) is 21.1. The van der Waals surface area contributed by atoms with Crippen molar-refractivity contribution in [3.63, 3.8) is 0 Å². The molecule has 3 atom stereocenters. The highest BCUT2D eigenvalue weighted by atomic mass is 16.4. The number of nitrogens with zero attached hydrogens (tertiary/aromatic N) is 1. The van der Waals surface area contributed by atoms with Gasteiger partial charge in [-0.3, -0.25) is 19.4 Å². The number of carbonyl (C=O) groups excluding carboxylic acids is 2. The summed E-state index contributed by atoms with van der Waals surface area (Å²) in [6, 6.07) is -3.60. The lowest BCUT2D eigenvalue weighted by molar-refractivity contribution is -0.147. The second-order valence-corrected chi connectivity index (χ2v) is 6.28. The minimum atomic E-state index is -1.61. The average Bonchev–Trinajstić information content (AvgIpc) is 2.54. The zero-order valence-electron chi connectivity index (χ0n) is 15.3. The van der Waals surface area contributed by atoms with Gasteiger partial charge in [0.2, 0.25) is 11.8 Å². The summed E-state index contributed by atoms with van der Waals surface area (Å²) in [5, 5.41) is 22.3. The molecule has 0 aliphatic rings. The molecule has 0 heterocycles. The van der Waals surface area contributed by atoms with Crippen molar-refractivity contribution in [1.82, 2.24) is 10.6 Å². The Morgan fingerprint density at radius 2 is 1.63 bits per heavy atom. The highest BCUT2D eigenvalue weighted by Gasteiger charge is 2.30. The van der Waals surface area contributed by atoms with Gasteiger partial charge in [0.05, 0.1) is 12.5 Å². The van der Waals surface area contributed by atoms with Crippen molar-refractivity contribution in [2.75, 3.05) is 6.54 Å². The highest BCUT2D eigenvalue weighted by Crippen LogP contribution is 2.05. The standard InChI is InChI=1S/C15H28N6O6/c1-7(2)11(13(25)20-9(14(26)27)6-10(22)23)21-12(24)8(16)4-3-5-19-15(17)18/h7-9,11H,3-6,16H2,1-2H3,(H,20,25)(H,21,24)(H,22,23)(H,26,27)(H4,17,18,19)/t8-,9-,11-/m0/s1. The van der Waals surface area contributed by atoms with Gasteiger partial charge in [0.25, 0.3) is 0 Å². The van der Waals surface area contributed by atoms with Crippen molar-refractivity contribution in [3.8, 4) is 0 Å². The number of guanidine groups is 1. The van der Waals surface area contributed by atoms with Gasteiger partial charge in [-0.2, -0.15) is 0 Å². The fourth-order valence-electron chi connectivity index (χ4n) is 2.08. The molecule has 0 aromatic carbocycles. The second-order valence-electron chi connectivity index (χ2n) is 6.28. The monoisotopic (exact) mass is 388 g/mol. The van der Waals surface area contributed by atoms with Crippen LogP contribution in [-0.2, 0) is 19.2 Å². The Hall–Kier alpha value is -2.89. The molecule has 0 bridgehead atoms. The summed E-state index contributed by atoms with van der Waals surface area (Å²) in [6.45, 7) is 3.58. The maximum absolute atomic E-state index is 12.3. The number of amides is 2. The van der Waals surface area contributed by atoms with E-state index >= 15 is 0 Å². The summed E-state index contributed by atoms with van der Waals surface area (Å²) in [6.07, 6.45) is -0.0688. The van der Waals surface area contributed by atoms with Crippen LogP contribution < -0.4 is 27.8 Å². The first-order chi connectivity index (χ1) is 12.5. The Labute approximate surface area is 156 Å². The molecule has 154 valence electrons. The van der Waals surface area contributed by atoms with Gasteiger partial charge >= 0.3 is 11.9 Å². The van der Waals surface area contributed by atoms with Gasteiger partial charge in [0.15, 0.2) is 5.96 Å². The molecule has 0 fully saturated rings. The number of nitrogens with one attached hydrogen (secondary N) is 2. The molecule has 0 rings (SSSR count). The quantitative estimate of drug-likeness (QED) is 0.107. The summed E-state index contributed by atoms with van der Waals surface area (Å²) >= 11 is 0. The number of aliphatic imine (C=N–C) groups is 1. The summed E-state index contributed by atoms with van der Waals surface area (Å²) in [5.41, 5.74) is 16.1. The van der Waals surface area contributed by atoms with Crippen LogP contribution in [0.5, 0.6) is 0 Å². The van der Waals surface area contributed by atoms with Crippen LogP contribution in [-0.4, -0.2) is 64.6 Å². The first kappa shape index (κ1) is 24.1. The van der Waals surface area contributed by atoms with Gasteiger partial charge in [-0.15, -0.1) is 0 Å². The fraction of sp³-hybridized carbons (Fsp3) is 0.667. The lowest BCUT2D eigenvalue weighted by Gasteiger charge is -2.25. The van der Waals surface area contributed by atoms with Gasteiger partial charge in [-0.05, 0) is 18.8 Å². The van der Waals surface area contributed by atoms with Crippen molar-refractivity contribution in [1.29, 1.82) is 0 Å². The third-order valence-corrected chi connectivity index (χ3v) is 3.54. The van der Waals surface area contributed by atoms with E-state index in [1.54, 1.807) is 13.8 Å². The molecule has 0 aromatic heterocycles. The molecule has 0 radical (unpaired) electrons. The predicted molar refractivity (Wildman–Crippen MR) is 96.5 cm³/mol. The number of aliphatic carboxylic acids is 2. The number of hydrogen-bond acceptors (Lipinski definition) is 6. The summed E-state index contributed by atoms with van der Waals surface area (Å²) < 4.78 is 0. The van der Waals surface area contributed by atoms with Crippen molar-refractivity contribution in [3.05, 3.63) is 0 Å². The molecule has 10 N–H and O–H groups in total. The Morgan fingerprint density at radius 3 is 2.07 bits per heavy atom. The molecule has 12 heteroatoms.